The van der Waals surface area contributed by atoms with E-state index in [1.54, 1.807) is 0 Å². The van der Waals surface area contributed by atoms with Gasteiger partial charge in [0.05, 0.1) is 0 Å². The third-order valence-corrected chi connectivity index (χ3v) is 1.91. The van der Waals surface area contributed by atoms with Crippen molar-refractivity contribution >= 4 is 0 Å². The highest BCUT2D eigenvalue weighted by molar-refractivity contribution is 5.07. The Morgan fingerprint density at radius 3 is 2.56 bits per heavy atom. The van der Waals surface area contributed by atoms with Gasteiger partial charge in [0, 0.05) is 12.3 Å². The molecule has 0 saturated carbocycles. The second kappa shape index (κ2) is 2.92. The smallest absolute Gasteiger partial charge is 0.0226 e. The lowest BCUT2D eigenvalue weighted by Crippen LogP contribution is -2.08. The first-order valence-corrected chi connectivity index (χ1v) is 3.79. The summed E-state index contributed by atoms with van der Waals surface area (Å²) in [5, 5.41) is 0. The molecule has 1 aliphatic rings. The van der Waals surface area contributed by atoms with E-state index in [9.17, 15) is 0 Å². The number of rotatable bonds is 1. The van der Waals surface area contributed by atoms with Crippen molar-refractivity contribution in [1.29, 1.82) is 0 Å². The molecule has 0 fully saturated rings. The van der Waals surface area contributed by atoms with E-state index < -0.39 is 0 Å². The van der Waals surface area contributed by atoms with E-state index in [1.165, 1.54) is 12.8 Å². The zero-order valence-corrected chi connectivity index (χ0v) is 6.28. The molecule has 0 amide bonds. The molecule has 0 N–H and O–H groups in total. The highest BCUT2D eigenvalue weighted by Crippen LogP contribution is 2.19. The lowest BCUT2D eigenvalue weighted by atomic mass is 9.88. The first-order chi connectivity index (χ1) is 4.30. The summed E-state index contributed by atoms with van der Waals surface area (Å²) in [6.45, 7) is 4.51. The molecule has 9 heavy (non-hydrogen) atoms. The van der Waals surface area contributed by atoms with E-state index in [0.717, 1.165) is 12.3 Å². The van der Waals surface area contributed by atoms with Crippen LogP contribution in [0.3, 0.4) is 0 Å². The molecule has 0 spiro atoms. The van der Waals surface area contributed by atoms with Crippen molar-refractivity contribution < 1.29 is 0 Å². The number of hydrogen-bond donors (Lipinski definition) is 0. The van der Waals surface area contributed by atoms with Gasteiger partial charge in [0.25, 0.3) is 0 Å². The van der Waals surface area contributed by atoms with Gasteiger partial charge in [-0.05, 0) is 18.8 Å². The Bertz CT molecular complexity index is 134. The van der Waals surface area contributed by atoms with Crippen LogP contribution in [-0.4, -0.2) is 0 Å². The van der Waals surface area contributed by atoms with Crippen molar-refractivity contribution in [1.82, 2.24) is 0 Å². The SMILES string of the molecule is CC(C)C1C#CCCC1. The molecule has 0 saturated heterocycles. The molecule has 50 valence electrons. The van der Waals surface area contributed by atoms with Gasteiger partial charge in [0.2, 0.25) is 0 Å². The van der Waals surface area contributed by atoms with E-state index in [-0.39, 0.29) is 0 Å². The summed E-state index contributed by atoms with van der Waals surface area (Å²) in [4.78, 5) is 0. The molecule has 1 rings (SSSR count). The standard InChI is InChI=1S/C9H14/c1-8(2)9-6-4-3-5-7-9/h8-9H,3-4,6H2,1-2H3. The normalized spacial score (nSPS) is 25.4. The summed E-state index contributed by atoms with van der Waals surface area (Å²) in [5.74, 6) is 7.89. The van der Waals surface area contributed by atoms with Crippen LogP contribution in [0.25, 0.3) is 0 Å². The van der Waals surface area contributed by atoms with Crippen molar-refractivity contribution in [2.75, 3.05) is 0 Å². The van der Waals surface area contributed by atoms with Gasteiger partial charge in [-0.25, -0.2) is 0 Å². The van der Waals surface area contributed by atoms with Crippen molar-refractivity contribution in [3.8, 4) is 11.8 Å². The van der Waals surface area contributed by atoms with E-state index in [1.807, 2.05) is 0 Å². The summed E-state index contributed by atoms with van der Waals surface area (Å²) in [6.07, 6.45) is 3.77. The van der Waals surface area contributed by atoms with Gasteiger partial charge in [0.15, 0.2) is 0 Å². The molecule has 1 atom stereocenters. The molecule has 0 nitrogen and oxygen atoms in total. The van der Waals surface area contributed by atoms with Gasteiger partial charge in [-0.1, -0.05) is 19.8 Å². The van der Waals surface area contributed by atoms with Crippen LogP contribution in [-0.2, 0) is 0 Å². The minimum Gasteiger partial charge on any atom is -0.103 e. The fraction of sp³-hybridized carbons (Fsp3) is 0.778. The topological polar surface area (TPSA) is 0 Å². The molecule has 0 aliphatic heterocycles. The number of hydrogen-bond acceptors (Lipinski definition) is 0. The molecule has 0 radical (unpaired) electrons. The van der Waals surface area contributed by atoms with E-state index in [2.05, 4.69) is 25.7 Å². The van der Waals surface area contributed by atoms with Crippen LogP contribution < -0.4 is 0 Å². The first kappa shape index (κ1) is 6.68. The largest absolute Gasteiger partial charge is 0.103 e. The van der Waals surface area contributed by atoms with Crippen molar-refractivity contribution in [2.45, 2.75) is 33.1 Å². The Morgan fingerprint density at radius 2 is 2.22 bits per heavy atom. The van der Waals surface area contributed by atoms with Crippen LogP contribution in [0.5, 0.6) is 0 Å². The Kier molecular flexibility index (Phi) is 2.16. The van der Waals surface area contributed by atoms with Crippen molar-refractivity contribution in [2.24, 2.45) is 11.8 Å². The van der Waals surface area contributed by atoms with Crippen molar-refractivity contribution in [3.05, 3.63) is 0 Å². The maximum absolute atomic E-state index is 3.27. The molecule has 0 aromatic heterocycles. The lowest BCUT2D eigenvalue weighted by molar-refractivity contribution is 0.433. The zero-order valence-electron chi connectivity index (χ0n) is 6.28. The van der Waals surface area contributed by atoms with Gasteiger partial charge < -0.3 is 0 Å². The summed E-state index contributed by atoms with van der Waals surface area (Å²) in [5.41, 5.74) is 0. The third kappa shape index (κ3) is 1.75. The van der Waals surface area contributed by atoms with Crippen LogP contribution >= 0.6 is 0 Å². The maximum Gasteiger partial charge on any atom is 0.0226 e. The second-order valence-electron chi connectivity index (χ2n) is 3.06. The average Bonchev–Trinajstić information content (AvgIpc) is 1.90. The predicted octanol–water partition coefficient (Wildman–Crippen LogP) is 2.45. The molecule has 0 bridgehead atoms. The van der Waals surface area contributed by atoms with Crippen LogP contribution in [0, 0.1) is 23.7 Å². The minimum absolute atomic E-state index is 0.693. The van der Waals surface area contributed by atoms with E-state index in [0.29, 0.717) is 5.92 Å². The molecule has 0 aromatic rings. The molecular weight excluding hydrogens is 108 g/mol. The van der Waals surface area contributed by atoms with Gasteiger partial charge >= 0.3 is 0 Å². The Hall–Kier alpha value is -0.440. The Labute approximate surface area is 57.7 Å². The van der Waals surface area contributed by atoms with Crippen LogP contribution in [0.1, 0.15) is 33.1 Å². The van der Waals surface area contributed by atoms with Gasteiger partial charge in [-0.15, -0.1) is 5.92 Å². The summed E-state index contributed by atoms with van der Waals surface area (Å²) >= 11 is 0. The monoisotopic (exact) mass is 122 g/mol. The molecule has 0 heteroatoms. The van der Waals surface area contributed by atoms with E-state index in [4.69, 9.17) is 0 Å². The second-order valence-corrected chi connectivity index (χ2v) is 3.06. The quantitative estimate of drug-likeness (QED) is 0.469. The summed E-state index contributed by atoms with van der Waals surface area (Å²) < 4.78 is 0. The minimum atomic E-state index is 0.693. The summed E-state index contributed by atoms with van der Waals surface area (Å²) in [7, 11) is 0. The van der Waals surface area contributed by atoms with Gasteiger partial charge in [-0.2, -0.15) is 0 Å². The van der Waals surface area contributed by atoms with Crippen LogP contribution in [0.2, 0.25) is 0 Å². The molecule has 1 aliphatic carbocycles. The summed E-state index contributed by atoms with van der Waals surface area (Å²) in [6, 6.07) is 0. The Morgan fingerprint density at radius 1 is 1.44 bits per heavy atom. The molecule has 1 unspecified atom stereocenters. The van der Waals surface area contributed by atoms with Gasteiger partial charge in [-0.3, -0.25) is 0 Å². The van der Waals surface area contributed by atoms with Crippen molar-refractivity contribution in [3.63, 3.8) is 0 Å². The fourth-order valence-electron chi connectivity index (χ4n) is 1.19. The average molecular weight is 122 g/mol. The molecule has 0 aromatic carbocycles. The third-order valence-electron chi connectivity index (χ3n) is 1.91. The van der Waals surface area contributed by atoms with Gasteiger partial charge in [0.1, 0.15) is 0 Å². The van der Waals surface area contributed by atoms with Crippen LogP contribution in [0.15, 0.2) is 0 Å². The van der Waals surface area contributed by atoms with Crippen LogP contribution in [0.4, 0.5) is 0 Å². The zero-order chi connectivity index (χ0) is 6.69. The lowest BCUT2D eigenvalue weighted by Gasteiger charge is -2.15. The van der Waals surface area contributed by atoms with E-state index >= 15 is 0 Å². The maximum atomic E-state index is 3.27. The predicted molar refractivity (Wildman–Crippen MR) is 40.0 cm³/mol. The highest BCUT2D eigenvalue weighted by atomic mass is 14.1. The molecular formula is C9H14. The fourth-order valence-corrected chi connectivity index (χ4v) is 1.19. The molecule has 0 heterocycles. The Balaban J connectivity index is 2.46. The highest BCUT2D eigenvalue weighted by Gasteiger charge is 2.11. The first-order valence-electron chi connectivity index (χ1n) is 3.79.